The fourth-order valence-corrected chi connectivity index (χ4v) is 1.45. The van der Waals surface area contributed by atoms with Gasteiger partial charge >= 0.3 is 0 Å². The van der Waals surface area contributed by atoms with Crippen molar-refractivity contribution in [2.75, 3.05) is 13.6 Å². The van der Waals surface area contributed by atoms with Gasteiger partial charge in [0.05, 0.1) is 6.34 Å². The van der Waals surface area contributed by atoms with Crippen molar-refractivity contribution in [1.82, 2.24) is 4.90 Å². The first-order valence-corrected chi connectivity index (χ1v) is 4.55. The van der Waals surface area contributed by atoms with Crippen molar-refractivity contribution in [3.05, 3.63) is 41.6 Å². The van der Waals surface area contributed by atoms with Crippen LogP contribution in [0.1, 0.15) is 5.56 Å². The highest BCUT2D eigenvalue weighted by molar-refractivity contribution is 5.73. The standard InChI is InChI=1S/C11H10F2N2/c1-15-6-9(5-14-7-15)8-2-3-10(12)11(13)4-8/h2-5,7H,6H2,1H3. The van der Waals surface area contributed by atoms with Crippen molar-refractivity contribution in [2.45, 2.75) is 0 Å². The average molecular weight is 208 g/mol. The molecule has 0 atom stereocenters. The van der Waals surface area contributed by atoms with Crippen molar-refractivity contribution in [3.8, 4) is 0 Å². The second kappa shape index (κ2) is 3.81. The van der Waals surface area contributed by atoms with Gasteiger partial charge in [-0.05, 0) is 23.3 Å². The zero-order valence-corrected chi connectivity index (χ0v) is 8.24. The SMILES string of the molecule is CN1C=NC=C(c2ccc(F)c(F)c2)C1. The minimum atomic E-state index is -0.828. The lowest BCUT2D eigenvalue weighted by Gasteiger charge is -2.18. The summed E-state index contributed by atoms with van der Waals surface area (Å²) >= 11 is 0. The molecule has 0 spiro atoms. The van der Waals surface area contributed by atoms with Gasteiger partial charge in [-0.15, -0.1) is 0 Å². The molecule has 0 saturated heterocycles. The highest BCUT2D eigenvalue weighted by Gasteiger charge is 2.09. The summed E-state index contributed by atoms with van der Waals surface area (Å²) in [6, 6.07) is 3.87. The summed E-state index contributed by atoms with van der Waals surface area (Å²) in [5.41, 5.74) is 1.54. The van der Waals surface area contributed by atoms with Crippen molar-refractivity contribution < 1.29 is 8.78 Å². The summed E-state index contributed by atoms with van der Waals surface area (Å²) in [5, 5.41) is 0. The second-order valence-corrected chi connectivity index (χ2v) is 3.46. The Hall–Kier alpha value is -1.71. The van der Waals surface area contributed by atoms with E-state index in [0.29, 0.717) is 12.1 Å². The molecule has 0 aliphatic carbocycles. The summed E-state index contributed by atoms with van der Waals surface area (Å²) in [6.07, 6.45) is 3.34. The third-order valence-corrected chi connectivity index (χ3v) is 2.20. The van der Waals surface area contributed by atoms with Crippen LogP contribution in [0.3, 0.4) is 0 Å². The van der Waals surface area contributed by atoms with E-state index in [1.54, 1.807) is 18.6 Å². The van der Waals surface area contributed by atoms with E-state index in [1.807, 2.05) is 11.9 Å². The van der Waals surface area contributed by atoms with Crippen LogP contribution in [0, 0.1) is 11.6 Å². The molecule has 1 aliphatic rings. The van der Waals surface area contributed by atoms with Crippen LogP contribution in [-0.4, -0.2) is 24.8 Å². The van der Waals surface area contributed by atoms with Crippen LogP contribution >= 0.6 is 0 Å². The lowest BCUT2D eigenvalue weighted by atomic mass is 10.1. The molecule has 0 N–H and O–H groups in total. The fourth-order valence-electron chi connectivity index (χ4n) is 1.45. The summed E-state index contributed by atoms with van der Waals surface area (Å²) in [5.74, 6) is -1.65. The quantitative estimate of drug-likeness (QED) is 0.691. The molecule has 1 aliphatic heterocycles. The van der Waals surface area contributed by atoms with E-state index in [9.17, 15) is 8.78 Å². The van der Waals surface area contributed by atoms with Gasteiger partial charge in [0.2, 0.25) is 0 Å². The largest absolute Gasteiger partial charge is 0.361 e. The number of nitrogens with zero attached hydrogens (tertiary/aromatic N) is 2. The number of rotatable bonds is 1. The third kappa shape index (κ3) is 2.03. The molecular weight excluding hydrogens is 198 g/mol. The summed E-state index contributed by atoms with van der Waals surface area (Å²) in [6.45, 7) is 0.647. The Kier molecular flexibility index (Phi) is 2.49. The first-order valence-electron chi connectivity index (χ1n) is 4.55. The van der Waals surface area contributed by atoms with Gasteiger partial charge in [-0.3, -0.25) is 0 Å². The van der Waals surface area contributed by atoms with Crippen LogP contribution in [-0.2, 0) is 0 Å². The monoisotopic (exact) mass is 208 g/mol. The number of hydrogen-bond donors (Lipinski definition) is 0. The molecular formula is C11H10F2N2. The highest BCUT2D eigenvalue weighted by atomic mass is 19.2. The number of likely N-dealkylation sites (N-methyl/N-ethyl adjacent to an activating group) is 1. The van der Waals surface area contributed by atoms with Gasteiger partial charge in [0.25, 0.3) is 0 Å². The van der Waals surface area contributed by atoms with Gasteiger partial charge in [-0.25, -0.2) is 13.8 Å². The molecule has 0 saturated carbocycles. The molecule has 0 unspecified atom stereocenters. The zero-order valence-electron chi connectivity index (χ0n) is 8.24. The minimum absolute atomic E-state index is 0.647. The maximum absolute atomic E-state index is 13.0. The van der Waals surface area contributed by atoms with Crippen LogP contribution in [0.15, 0.2) is 29.4 Å². The number of benzene rings is 1. The van der Waals surface area contributed by atoms with E-state index in [-0.39, 0.29) is 0 Å². The van der Waals surface area contributed by atoms with Crippen molar-refractivity contribution in [3.63, 3.8) is 0 Å². The molecule has 0 aromatic heterocycles. The van der Waals surface area contributed by atoms with Crippen LogP contribution in [0.2, 0.25) is 0 Å². The Morgan fingerprint density at radius 2 is 2.07 bits per heavy atom. The first kappa shape index (κ1) is 9.83. The van der Waals surface area contributed by atoms with Crippen LogP contribution in [0.25, 0.3) is 5.57 Å². The molecule has 2 rings (SSSR count). The Morgan fingerprint density at radius 3 is 2.73 bits per heavy atom. The molecule has 0 fully saturated rings. The Balaban J connectivity index is 2.34. The van der Waals surface area contributed by atoms with Crippen molar-refractivity contribution >= 4 is 11.9 Å². The minimum Gasteiger partial charge on any atom is -0.361 e. The predicted molar refractivity (Wildman–Crippen MR) is 55.5 cm³/mol. The smallest absolute Gasteiger partial charge is 0.159 e. The molecule has 15 heavy (non-hydrogen) atoms. The highest BCUT2D eigenvalue weighted by Crippen LogP contribution is 2.19. The van der Waals surface area contributed by atoms with E-state index in [2.05, 4.69) is 4.99 Å². The van der Waals surface area contributed by atoms with E-state index in [1.165, 1.54) is 6.07 Å². The molecule has 1 aromatic rings. The molecule has 2 nitrogen and oxygen atoms in total. The summed E-state index contributed by atoms with van der Waals surface area (Å²) in [7, 11) is 1.87. The van der Waals surface area contributed by atoms with Gasteiger partial charge in [-0.2, -0.15) is 0 Å². The number of hydrogen-bond acceptors (Lipinski definition) is 2. The van der Waals surface area contributed by atoms with Crippen LogP contribution in [0.4, 0.5) is 8.78 Å². The topological polar surface area (TPSA) is 15.6 Å². The average Bonchev–Trinajstić information content (AvgIpc) is 2.22. The Labute approximate surface area is 86.5 Å². The molecule has 0 radical (unpaired) electrons. The van der Waals surface area contributed by atoms with Gasteiger partial charge in [0, 0.05) is 19.8 Å². The van der Waals surface area contributed by atoms with Crippen molar-refractivity contribution in [1.29, 1.82) is 0 Å². The van der Waals surface area contributed by atoms with Gasteiger partial charge in [-0.1, -0.05) is 6.07 Å². The number of halogens is 2. The van der Waals surface area contributed by atoms with Gasteiger partial charge < -0.3 is 4.90 Å². The van der Waals surface area contributed by atoms with Crippen molar-refractivity contribution in [2.24, 2.45) is 4.99 Å². The van der Waals surface area contributed by atoms with E-state index in [0.717, 1.165) is 11.6 Å². The van der Waals surface area contributed by atoms with E-state index >= 15 is 0 Å². The Morgan fingerprint density at radius 1 is 1.27 bits per heavy atom. The number of aliphatic imine (C=N–C) groups is 1. The van der Waals surface area contributed by atoms with E-state index in [4.69, 9.17) is 0 Å². The Bertz CT molecular complexity index is 438. The predicted octanol–water partition coefficient (Wildman–Crippen LogP) is 2.28. The fraction of sp³-hybridized carbons (Fsp3) is 0.182. The molecule has 0 amide bonds. The molecule has 4 heteroatoms. The zero-order chi connectivity index (χ0) is 10.8. The normalized spacial score (nSPS) is 15.4. The first-order chi connectivity index (χ1) is 7.16. The second-order valence-electron chi connectivity index (χ2n) is 3.46. The summed E-state index contributed by atoms with van der Waals surface area (Å²) < 4.78 is 25.7. The van der Waals surface area contributed by atoms with Gasteiger partial charge in [0.1, 0.15) is 0 Å². The summed E-state index contributed by atoms with van der Waals surface area (Å²) in [4.78, 5) is 5.86. The van der Waals surface area contributed by atoms with Gasteiger partial charge in [0.15, 0.2) is 11.6 Å². The van der Waals surface area contributed by atoms with Crippen LogP contribution < -0.4 is 0 Å². The molecule has 78 valence electrons. The lowest BCUT2D eigenvalue weighted by Crippen LogP contribution is -2.20. The third-order valence-electron chi connectivity index (χ3n) is 2.20. The molecule has 1 aromatic carbocycles. The maximum Gasteiger partial charge on any atom is 0.159 e. The molecule has 0 bridgehead atoms. The maximum atomic E-state index is 13.0. The molecule has 1 heterocycles. The van der Waals surface area contributed by atoms with Crippen LogP contribution in [0.5, 0.6) is 0 Å². The lowest BCUT2D eigenvalue weighted by molar-refractivity contribution is 0.508. The van der Waals surface area contributed by atoms with E-state index < -0.39 is 11.6 Å².